The molecule has 0 spiro atoms. The van der Waals surface area contributed by atoms with Gasteiger partial charge < -0.3 is 35.8 Å². The predicted octanol–water partition coefficient (Wildman–Crippen LogP) is 7.74. The van der Waals surface area contributed by atoms with Crippen molar-refractivity contribution in [2.45, 2.75) is 102 Å². The third-order valence-electron chi connectivity index (χ3n) is 11.7. The minimum atomic E-state index is -0.523. The average molecular weight is 774 g/mol. The van der Waals surface area contributed by atoms with Crippen LogP contribution in [0.5, 0.6) is 0 Å². The molecule has 0 saturated carbocycles. The number of rotatable bonds is 17. The van der Waals surface area contributed by atoms with E-state index in [2.05, 4.69) is 69.0 Å². The molecule has 0 aromatic heterocycles. The Balaban J connectivity index is 0.941. The largest absolute Gasteiger partial charge is 0.397 e. The van der Waals surface area contributed by atoms with Crippen LogP contribution in [0.3, 0.4) is 0 Å². The first-order valence-corrected chi connectivity index (χ1v) is 21.0. The fourth-order valence-electron chi connectivity index (χ4n) is 8.49. The Hall–Kier alpha value is -4.58. The van der Waals surface area contributed by atoms with E-state index in [9.17, 15) is 14.7 Å². The van der Waals surface area contributed by atoms with Gasteiger partial charge in [-0.05, 0) is 110 Å². The molecule has 10 heteroatoms. The molecular formula is C47H59N5O5. The molecule has 3 aliphatic heterocycles. The van der Waals surface area contributed by atoms with E-state index in [4.69, 9.17) is 15.2 Å². The lowest BCUT2D eigenvalue weighted by Gasteiger charge is -2.39. The molecule has 3 aliphatic rings. The Bertz CT molecular complexity index is 1910. The lowest BCUT2D eigenvalue weighted by atomic mass is 9.98. The Morgan fingerprint density at radius 2 is 1.49 bits per heavy atom. The summed E-state index contributed by atoms with van der Waals surface area (Å²) >= 11 is 0. The van der Waals surface area contributed by atoms with Crippen LogP contribution < -0.4 is 16.4 Å². The van der Waals surface area contributed by atoms with Gasteiger partial charge in [-0.15, -0.1) is 0 Å². The van der Waals surface area contributed by atoms with Gasteiger partial charge in [-0.1, -0.05) is 79.2 Å². The topological polar surface area (TPSA) is 129 Å². The van der Waals surface area contributed by atoms with Crippen LogP contribution in [0.4, 0.5) is 11.4 Å². The number of nitrogens with one attached hydrogen (secondary N) is 2. The SMILES string of the molecule is Nc1ccccc1NC(=O)CCCCCC(=O)NCc1cccc(-c2cccc(C3OC(CN4CCCC4CN4CCCC4)CC(c4ccc(CO)cc4)O3)c2)c1. The molecule has 302 valence electrons. The maximum absolute atomic E-state index is 12.7. The molecule has 0 aliphatic carbocycles. The van der Waals surface area contributed by atoms with Crippen LogP contribution in [0.1, 0.15) is 98.9 Å². The number of carbonyl (C=O) groups excluding carboxylic acids is 2. The van der Waals surface area contributed by atoms with Crippen LogP contribution in [0, 0.1) is 0 Å². The predicted molar refractivity (Wildman–Crippen MR) is 225 cm³/mol. The van der Waals surface area contributed by atoms with Gasteiger partial charge in [0, 0.05) is 50.5 Å². The number of aliphatic hydroxyl groups excluding tert-OH is 1. The second kappa shape index (κ2) is 20.2. The van der Waals surface area contributed by atoms with Gasteiger partial charge in [-0.25, -0.2) is 0 Å². The summed E-state index contributed by atoms with van der Waals surface area (Å²) in [6.45, 7) is 6.04. The number of likely N-dealkylation sites (tertiary alicyclic amines) is 2. The molecule has 5 N–H and O–H groups in total. The summed E-state index contributed by atoms with van der Waals surface area (Å²) in [5, 5.41) is 15.6. The number of hydrogen-bond donors (Lipinski definition) is 4. The highest BCUT2D eigenvalue weighted by atomic mass is 16.7. The van der Waals surface area contributed by atoms with Gasteiger partial charge in [0.1, 0.15) is 0 Å². The summed E-state index contributed by atoms with van der Waals surface area (Å²) in [5.41, 5.74) is 13.2. The summed E-state index contributed by atoms with van der Waals surface area (Å²) in [4.78, 5) is 30.3. The number of para-hydroxylation sites is 2. The van der Waals surface area contributed by atoms with Gasteiger partial charge in [-0.3, -0.25) is 14.5 Å². The fraction of sp³-hybridized carbons (Fsp3) is 0.447. The number of nitrogens with two attached hydrogens (primary N) is 1. The number of benzene rings is 4. The quantitative estimate of drug-likeness (QED) is 0.0634. The summed E-state index contributed by atoms with van der Waals surface area (Å²) in [7, 11) is 0. The van der Waals surface area contributed by atoms with E-state index in [1.165, 1.54) is 38.8 Å². The number of aliphatic hydroxyl groups is 1. The van der Waals surface area contributed by atoms with Crippen LogP contribution in [-0.4, -0.2) is 71.6 Å². The first-order chi connectivity index (χ1) is 27.9. The second-order valence-electron chi connectivity index (χ2n) is 15.9. The Morgan fingerprint density at radius 1 is 0.737 bits per heavy atom. The van der Waals surface area contributed by atoms with Crippen molar-refractivity contribution < 1.29 is 24.2 Å². The molecular weight excluding hydrogens is 715 g/mol. The fourth-order valence-corrected chi connectivity index (χ4v) is 8.49. The minimum absolute atomic E-state index is 0.00177. The van der Waals surface area contributed by atoms with Gasteiger partial charge in [0.25, 0.3) is 0 Å². The number of anilines is 2. The van der Waals surface area contributed by atoms with E-state index >= 15 is 0 Å². The highest BCUT2D eigenvalue weighted by molar-refractivity contribution is 5.93. The Morgan fingerprint density at radius 3 is 2.28 bits per heavy atom. The molecule has 3 fully saturated rings. The summed E-state index contributed by atoms with van der Waals surface area (Å²) < 4.78 is 13.6. The highest BCUT2D eigenvalue weighted by Gasteiger charge is 2.36. The van der Waals surface area contributed by atoms with E-state index in [1.54, 1.807) is 12.1 Å². The van der Waals surface area contributed by atoms with Gasteiger partial charge in [-0.2, -0.15) is 0 Å². The van der Waals surface area contributed by atoms with E-state index < -0.39 is 6.29 Å². The van der Waals surface area contributed by atoms with Crippen molar-refractivity contribution in [2.24, 2.45) is 0 Å². The molecule has 0 bridgehead atoms. The molecule has 10 nitrogen and oxygen atoms in total. The standard InChI is InChI=1S/C47H59N5O5/c48-42-16-4-5-17-43(42)50-46(55)19-3-1-2-18-45(54)49-30-35-11-8-12-37(27-35)38-13-9-14-39(28-38)47-56-41(29-44(57-47)36-22-20-34(33-53)21-23-36)32-52-26-10-15-40(52)31-51-24-6-7-25-51/h4-5,8-9,11-14,16-17,20-23,27-28,40-41,44,47,53H,1-3,6-7,10,15,18-19,24-26,29-33,48H2,(H,49,54)(H,50,55). The van der Waals surface area contributed by atoms with Gasteiger partial charge in [0.15, 0.2) is 6.29 Å². The number of ether oxygens (including phenoxy) is 2. The highest BCUT2D eigenvalue weighted by Crippen LogP contribution is 2.40. The minimum Gasteiger partial charge on any atom is -0.397 e. The Labute approximate surface area is 337 Å². The smallest absolute Gasteiger partial charge is 0.224 e. The van der Waals surface area contributed by atoms with Crippen LogP contribution in [0.15, 0.2) is 97.1 Å². The number of unbranched alkanes of at least 4 members (excludes halogenated alkanes) is 2. The molecule has 4 atom stereocenters. The molecule has 7 rings (SSSR count). The van der Waals surface area contributed by atoms with Crippen molar-refractivity contribution in [3.63, 3.8) is 0 Å². The number of carbonyl (C=O) groups is 2. The summed E-state index contributed by atoms with van der Waals surface area (Å²) in [5.74, 6) is -0.0687. The van der Waals surface area contributed by atoms with E-state index in [-0.39, 0.29) is 30.6 Å². The maximum atomic E-state index is 12.7. The molecule has 4 unspecified atom stereocenters. The molecule has 0 radical (unpaired) electrons. The van der Waals surface area contributed by atoms with Crippen molar-refractivity contribution in [3.8, 4) is 11.1 Å². The zero-order valence-electron chi connectivity index (χ0n) is 33.1. The number of amides is 2. The van der Waals surface area contributed by atoms with Gasteiger partial charge in [0.05, 0.1) is 30.2 Å². The number of nitrogens with zero attached hydrogens (tertiary/aromatic N) is 2. The van der Waals surface area contributed by atoms with Crippen LogP contribution >= 0.6 is 0 Å². The van der Waals surface area contributed by atoms with Crippen molar-refractivity contribution in [1.29, 1.82) is 0 Å². The van der Waals surface area contributed by atoms with Crippen molar-refractivity contribution in [2.75, 3.05) is 43.8 Å². The molecule has 4 aromatic rings. The van der Waals surface area contributed by atoms with Crippen molar-refractivity contribution >= 4 is 23.2 Å². The normalized spacial score (nSPS) is 21.4. The van der Waals surface area contributed by atoms with Crippen LogP contribution in [-0.2, 0) is 32.2 Å². The zero-order valence-corrected chi connectivity index (χ0v) is 33.1. The van der Waals surface area contributed by atoms with E-state index in [1.807, 2.05) is 36.4 Å². The molecule has 2 amide bonds. The van der Waals surface area contributed by atoms with E-state index in [0.29, 0.717) is 43.2 Å². The third kappa shape index (κ3) is 11.5. The van der Waals surface area contributed by atoms with Crippen LogP contribution in [0.25, 0.3) is 11.1 Å². The average Bonchev–Trinajstić information content (AvgIpc) is 3.93. The number of nitrogen functional groups attached to an aromatic ring is 1. The second-order valence-corrected chi connectivity index (χ2v) is 15.9. The molecule has 4 aromatic carbocycles. The monoisotopic (exact) mass is 773 g/mol. The van der Waals surface area contributed by atoms with Crippen LogP contribution in [0.2, 0.25) is 0 Å². The first-order valence-electron chi connectivity index (χ1n) is 21.0. The molecule has 3 heterocycles. The molecule has 3 saturated heterocycles. The zero-order chi connectivity index (χ0) is 39.4. The lowest BCUT2D eigenvalue weighted by molar-refractivity contribution is -0.253. The van der Waals surface area contributed by atoms with Crippen molar-refractivity contribution in [1.82, 2.24) is 15.1 Å². The van der Waals surface area contributed by atoms with Gasteiger partial charge in [0.2, 0.25) is 11.8 Å². The van der Waals surface area contributed by atoms with E-state index in [0.717, 1.165) is 72.3 Å². The van der Waals surface area contributed by atoms with Crippen molar-refractivity contribution in [3.05, 3.63) is 119 Å². The Kier molecular flexibility index (Phi) is 14.4. The number of hydrogen-bond acceptors (Lipinski definition) is 8. The first kappa shape index (κ1) is 40.6. The molecule has 57 heavy (non-hydrogen) atoms. The lowest BCUT2D eigenvalue weighted by Crippen LogP contribution is -2.45. The van der Waals surface area contributed by atoms with Gasteiger partial charge >= 0.3 is 0 Å². The maximum Gasteiger partial charge on any atom is 0.224 e. The summed E-state index contributed by atoms with van der Waals surface area (Å²) in [6, 6.07) is 32.6. The third-order valence-corrected chi connectivity index (χ3v) is 11.7. The summed E-state index contributed by atoms with van der Waals surface area (Å²) in [6.07, 6.45) is 8.27.